The SMILES string of the molecule is C#CCNCC(=O)N(CC)Cc1cccs1. The number of rotatable bonds is 6. The molecule has 1 aromatic heterocycles. The lowest BCUT2D eigenvalue weighted by molar-refractivity contribution is -0.130. The molecule has 1 heterocycles. The number of nitrogens with one attached hydrogen (secondary N) is 1. The van der Waals surface area contributed by atoms with Gasteiger partial charge >= 0.3 is 0 Å². The van der Waals surface area contributed by atoms with E-state index in [1.165, 1.54) is 4.88 Å². The lowest BCUT2D eigenvalue weighted by atomic mass is 10.4. The highest BCUT2D eigenvalue weighted by Crippen LogP contribution is 2.11. The lowest BCUT2D eigenvalue weighted by Gasteiger charge is -2.20. The number of likely N-dealkylation sites (N-methyl/N-ethyl adjacent to an activating group) is 1. The van der Waals surface area contributed by atoms with E-state index in [0.717, 1.165) is 0 Å². The van der Waals surface area contributed by atoms with Crippen LogP contribution in [0.5, 0.6) is 0 Å². The first-order chi connectivity index (χ1) is 7.77. The first-order valence-electron chi connectivity index (χ1n) is 5.22. The first-order valence-corrected chi connectivity index (χ1v) is 6.10. The highest BCUT2D eigenvalue weighted by atomic mass is 32.1. The summed E-state index contributed by atoms with van der Waals surface area (Å²) in [6.07, 6.45) is 5.10. The molecule has 0 spiro atoms. The van der Waals surface area contributed by atoms with Crippen LogP contribution in [0.4, 0.5) is 0 Å². The van der Waals surface area contributed by atoms with Gasteiger partial charge in [0, 0.05) is 11.4 Å². The smallest absolute Gasteiger partial charge is 0.236 e. The second kappa shape index (κ2) is 7.04. The van der Waals surface area contributed by atoms with Crippen molar-refractivity contribution in [2.45, 2.75) is 13.5 Å². The van der Waals surface area contributed by atoms with Crippen molar-refractivity contribution >= 4 is 17.2 Å². The van der Waals surface area contributed by atoms with Crippen LogP contribution in [0, 0.1) is 12.3 Å². The van der Waals surface area contributed by atoms with Crippen molar-refractivity contribution in [3.63, 3.8) is 0 Å². The molecule has 1 aromatic rings. The standard InChI is InChI=1S/C12H16N2OS/c1-3-7-13-9-12(15)14(4-2)10-11-6-5-8-16-11/h1,5-6,8,13H,4,7,9-10H2,2H3. The Hall–Kier alpha value is -1.31. The Kier molecular flexibility index (Phi) is 5.62. The lowest BCUT2D eigenvalue weighted by Crippen LogP contribution is -2.37. The van der Waals surface area contributed by atoms with Crippen molar-refractivity contribution in [2.24, 2.45) is 0 Å². The van der Waals surface area contributed by atoms with Gasteiger partial charge in [0.25, 0.3) is 0 Å². The maximum atomic E-state index is 11.8. The van der Waals surface area contributed by atoms with Crippen LogP contribution >= 0.6 is 11.3 Å². The number of hydrogen-bond donors (Lipinski definition) is 1. The van der Waals surface area contributed by atoms with Crippen LogP contribution in [0.2, 0.25) is 0 Å². The molecule has 0 saturated carbocycles. The summed E-state index contributed by atoms with van der Waals surface area (Å²) in [4.78, 5) is 14.8. The second-order valence-electron chi connectivity index (χ2n) is 3.29. The van der Waals surface area contributed by atoms with Crippen molar-refractivity contribution < 1.29 is 4.79 Å². The topological polar surface area (TPSA) is 32.3 Å². The number of thiophene rings is 1. The zero-order valence-electron chi connectivity index (χ0n) is 9.40. The molecule has 1 N–H and O–H groups in total. The van der Waals surface area contributed by atoms with Crippen LogP contribution in [-0.2, 0) is 11.3 Å². The van der Waals surface area contributed by atoms with Crippen LogP contribution in [0.3, 0.4) is 0 Å². The molecular formula is C12H16N2OS. The van der Waals surface area contributed by atoms with Gasteiger partial charge < -0.3 is 4.90 Å². The zero-order chi connectivity index (χ0) is 11.8. The largest absolute Gasteiger partial charge is 0.337 e. The molecule has 0 aliphatic carbocycles. The number of carbonyl (C=O) groups is 1. The Morgan fingerprint density at radius 3 is 3.06 bits per heavy atom. The maximum absolute atomic E-state index is 11.8. The van der Waals surface area contributed by atoms with Crippen LogP contribution < -0.4 is 5.32 Å². The van der Waals surface area contributed by atoms with Gasteiger partial charge in [-0.15, -0.1) is 17.8 Å². The minimum atomic E-state index is 0.0890. The number of amides is 1. The van der Waals surface area contributed by atoms with Crippen molar-refractivity contribution in [1.29, 1.82) is 0 Å². The summed E-state index contributed by atoms with van der Waals surface area (Å²) < 4.78 is 0. The molecule has 0 bridgehead atoms. The third-order valence-electron chi connectivity index (χ3n) is 2.16. The molecule has 0 atom stereocenters. The van der Waals surface area contributed by atoms with E-state index >= 15 is 0 Å². The summed E-state index contributed by atoms with van der Waals surface area (Å²) in [7, 11) is 0. The van der Waals surface area contributed by atoms with Crippen LogP contribution in [0.25, 0.3) is 0 Å². The van der Waals surface area contributed by atoms with Crippen LogP contribution in [0.15, 0.2) is 17.5 Å². The number of hydrogen-bond acceptors (Lipinski definition) is 3. The molecule has 0 saturated heterocycles. The Morgan fingerprint density at radius 2 is 2.50 bits per heavy atom. The summed E-state index contributed by atoms with van der Waals surface area (Å²) in [5.41, 5.74) is 0. The predicted octanol–water partition coefficient (Wildman–Crippen LogP) is 1.32. The third-order valence-corrected chi connectivity index (χ3v) is 3.03. The molecule has 0 unspecified atom stereocenters. The van der Waals surface area contributed by atoms with Crippen molar-refractivity contribution in [1.82, 2.24) is 10.2 Å². The van der Waals surface area contributed by atoms with Gasteiger partial charge in [-0.1, -0.05) is 12.0 Å². The zero-order valence-corrected chi connectivity index (χ0v) is 10.2. The van der Waals surface area contributed by atoms with E-state index in [-0.39, 0.29) is 5.91 Å². The molecule has 1 amide bonds. The van der Waals surface area contributed by atoms with Gasteiger partial charge in [0.15, 0.2) is 0 Å². The van der Waals surface area contributed by atoms with Crippen molar-refractivity contribution in [3.8, 4) is 12.3 Å². The molecule has 86 valence electrons. The molecule has 4 heteroatoms. The van der Waals surface area contributed by atoms with Crippen LogP contribution in [-0.4, -0.2) is 30.4 Å². The molecule has 0 aromatic carbocycles. The van der Waals surface area contributed by atoms with E-state index in [1.54, 1.807) is 11.3 Å². The minimum absolute atomic E-state index is 0.0890. The van der Waals surface area contributed by atoms with Gasteiger partial charge in [-0.05, 0) is 18.4 Å². The minimum Gasteiger partial charge on any atom is -0.337 e. The normalized spacial score (nSPS) is 9.75. The van der Waals surface area contributed by atoms with Crippen molar-refractivity contribution in [2.75, 3.05) is 19.6 Å². The second-order valence-corrected chi connectivity index (χ2v) is 4.33. The Balaban J connectivity index is 2.41. The van der Waals surface area contributed by atoms with Crippen molar-refractivity contribution in [3.05, 3.63) is 22.4 Å². The molecule has 0 fully saturated rings. The molecule has 0 aliphatic heterocycles. The fraction of sp³-hybridized carbons (Fsp3) is 0.417. The summed E-state index contributed by atoms with van der Waals surface area (Å²) in [6, 6.07) is 4.03. The number of nitrogens with zero attached hydrogens (tertiary/aromatic N) is 1. The summed E-state index contributed by atoms with van der Waals surface area (Å²) in [6.45, 7) is 4.12. The molecular weight excluding hydrogens is 220 g/mol. The third kappa shape index (κ3) is 4.05. The number of carbonyl (C=O) groups excluding carboxylic acids is 1. The predicted molar refractivity (Wildman–Crippen MR) is 67.1 cm³/mol. The quantitative estimate of drug-likeness (QED) is 0.597. The van der Waals surface area contributed by atoms with Gasteiger partial charge in [0.2, 0.25) is 5.91 Å². The van der Waals surface area contributed by atoms with Gasteiger partial charge in [0.05, 0.1) is 19.6 Å². The summed E-state index contributed by atoms with van der Waals surface area (Å²) in [5.74, 6) is 2.53. The maximum Gasteiger partial charge on any atom is 0.236 e. The van der Waals surface area contributed by atoms with E-state index in [2.05, 4.69) is 11.2 Å². The highest BCUT2D eigenvalue weighted by molar-refractivity contribution is 7.09. The van der Waals surface area contributed by atoms with Gasteiger partial charge in [-0.3, -0.25) is 10.1 Å². The summed E-state index contributed by atoms with van der Waals surface area (Å²) in [5, 5.41) is 4.92. The average molecular weight is 236 g/mol. The Bertz CT molecular complexity index is 354. The molecule has 1 rings (SSSR count). The molecule has 16 heavy (non-hydrogen) atoms. The highest BCUT2D eigenvalue weighted by Gasteiger charge is 2.11. The van der Waals surface area contributed by atoms with E-state index in [4.69, 9.17) is 6.42 Å². The molecule has 0 radical (unpaired) electrons. The van der Waals surface area contributed by atoms with E-state index in [0.29, 0.717) is 26.2 Å². The van der Waals surface area contributed by atoms with Gasteiger partial charge in [-0.25, -0.2) is 0 Å². The Morgan fingerprint density at radius 1 is 1.69 bits per heavy atom. The number of terminal acetylenes is 1. The fourth-order valence-electron chi connectivity index (χ4n) is 1.32. The van der Waals surface area contributed by atoms with Crippen LogP contribution in [0.1, 0.15) is 11.8 Å². The van der Waals surface area contributed by atoms with Gasteiger partial charge in [-0.2, -0.15) is 0 Å². The van der Waals surface area contributed by atoms with E-state index < -0.39 is 0 Å². The van der Waals surface area contributed by atoms with Gasteiger partial charge in [0.1, 0.15) is 0 Å². The monoisotopic (exact) mass is 236 g/mol. The Labute approximate surface area is 100 Å². The van der Waals surface area contributed by atoms with E-state index in [9.17, 15) is 4.79 Å². The summed E-state index contributed by atoms with van der Waals surface area (Å²) >= 11 is 1.67. The fourth-order valence-corrected chi connectivity index (χ4v) is 2.04. The molecule has 3 nitrogen and oxygen atoms in total. The van der Waals surface area contributed by atoms with E-state index in [1.807, 2.05) is 29.3 Å². The first kappa shape index (κ1) is 12.8. The molecule has 0 aliphatic rings. The average Bonchev–Trinajstić information content (AvgIpc) is 2.78.